The molecule has 0 N–H and O–H groups in total. The molecule has 1 heterocycles. The Morgan fingerprint density at radius 3 is 2.79 bits per heavy atom. The normalized spacial score (nSPS) is 32.7. The zero-order chi connectivity index (χ0) is 10.6. The molecule has 3 atom stereocenters. The highest BCUT2D eigenvalue weighted by atomic mass is 16.7. The number of rotatable bonds is 3. The fourth-order valence-electron chi connectivity index (χ4n) is 1.63. The molecule has 0 bridgehead atoms. The van der Waals surface area contributed by atoms with Crippen molar-refractivity contribution in [1.82, 2.24) is 0 Å². The average Bonchev–Trinajstić information content (AvgIpc) is 2.01. The summed E-state index contributed by atoms with van der Waals surface area (Å²) in [5.41, 5.74) is 8.35. The minimum absolute atomic E-state index is 0.00694. The molecule has 0 aliphatic carbocycles. The highest BCUT2D eigenvalue weighted by molar-refractivity contribution is 4.77. The van der Waals surface area contributed by atoms with Gasteiger partial charge in [-0.25, -0.2) is 0 Å². The number of azide groups is 1. The van der Waals surface area contributed by atoms with Crippen LogP contribution < -0.4 is 0 Å². The summed E-state index contributed by atoms with van der Waals surface area (Å²) in [7, 11) is 0. The Balaban J connectivity index is 2.49. The number of hydrogen-bond donors (Lipinski definition) is 0. The first kappa shape index (κ1) is 11.3. The second-order valence-electron chi connectivity index (χ2n) is 3.89. The van der Waals surface area contributed by atoms with E-state index in [9.17, 15) is 0 Å². The summed E-state index contributed by atoms with van der Waals surface area (Å²) >= 11 is 0. The maximum atomic E-state index is 8.35. The second-order valence-corrected chi connectivity index (χ2v) is 3.89. The van der Waals surface area contributed by atoms with E-state index < -0.39 is 0 Å². The molecule has 1 fully saturated rings. The van der Waals surface area contributed by atoms with Crippen LogP contribution in [0.5, 0.6) is 0 Å². The van der Waals surface area contributed by atoms with E-state index in [1.54, 1.807) is 0 Å². The Bertz CT molecular complexity index is 224. The Morgan fingerprint density at radius 2 is 2.21 bits per heavy atom. The third-order valence-electron chi connectivity index (χ3n) is 2.09. The molecule has 0 amide bonds. The molecular weight excluding hydrogens is 182 g/mol. The van der Waals surface area contributed by atoms with Gasteiger partial charge in [-0.15, -0.1) is 0 Å². The van der Waals surface area contributed by atoms with Crippen molar-refractivity contribution in [3.63, 3.8) is 0 Å². The first-order valence-corrected chi connectivity index (χ1v) is 4.97. The second kappa shape index (κ2) is 5.20. The maximum absolute atomic E-state index is 8.35. The Hall–Kier alpha value is -0.770. The highest BCUT2D eigenvalue weighted by Gasteiger charge is 2.27. The predicted octanol–water partition coefficient (Wildman–Crippen LogP) is 2.62. The number of ether oxygens (including phenoxy) is 2. The smallest absolute Gasteiger partial charge is 0.158 e. The molecule has 0 spiro atoms. The fourth-order valence-corrected chi connectivity index (χ4v) is 1.63. The van der Waals surface area contributed by atoms with Crippen LogP contribution in [0.25, 0.3) is 10.4 Å². The van der Waals surface area contributed by atoms with Crippen LogP contribution in [-0.4, -0.2) is 24.5 Å². The molecule has 0 aromatic rings. The third-order valence-corrected chi connectivity index (χ3v) is 2.09. The van der Waals surface area contributed by atoms with E-state index in [1.807, 2.05) is 20.8 Å². The van der Waals surface area contributed by atoms with Gasteiger partial charge in [-0.3, -0.25) is 0 Å². The Kier molecular flexibility index (Phi) is 4.20. The molecule has 0 aromatic carbocycles. The van der Waals surface area contributed by atoms with Crippen LogP contribution in [0.2, 0.25) is 0 Å². The lowest BCUT2D eigenvalue weighted by Gasteiger charge is -2.32. The quantitative estimate of drug-likeness (QED) is 0.398. The lowest BCUT2D eigenvalue weighted by atomic mass is 10.0. The molecule has 0 aromatic heterocycles. The lowest BCUT2D eigenvalue weighted by Crippen LogP contribution is -2.36. The SMILES string of the molecule is CC(C)OC1C[C@@H](N=[N+]=[N-])C[C@@H](C)O1. The van der Waals surface area contributed by atoms with Gasteiger partial charge in [-0.2, -0.15) is 0 Å². The van der Waals surface area contributed by atoms with Gasteiger partial charge >= 0.3 is 0 Å². The van der Waals surface area contributed by atoms with Crippen LogP contribution in [0.4, 0.5) is 0 Å². The van der Waals surface area contributed by atoms with E-state index in [-0.39, 0.29) is 24.5 Å². The minimum Gasteiger partial charge on any atom is -0.350 e. The van der Waals surface area contributed by atoms with Gasteiger partial charge < -0.3 is 9.47 Å². The maximum Gasteiger partial charge on any atom is 0.158 e. The molecule has 0 saturated carbocycles. The summed E-state index contributed by atoms with van der Waals surface area (Å²) in [6, 6.07) is 0.00694. The largest absolute Gasteiger partial charge is 0.350 e. The summed E-state index contributed by atoms with van der Waals surface area (Å²) in [6.07, 6.45) is 1.45. The van der Waals surface area contributed by atoms with Crippen LogP contribution >= 0.6 is 0 Å². The van der Waals surface area contributed by atoms with Gasteiger partial charge in [0, 0.05) is 17.4 Å². The monoisotopic (exact) mass is 199 g/mol. The van der Waals surface area contributed by atoms with Gasteiger partial charge in [0.2, 0.25) is 0 Å². The van der Waals surface area contributed by atoms with Crippen molar-refractivity contribution < 1.29 is 9.47 Å². The van der Waals surface area contributed by atoms with E-state index in [0.29, 0.717) is 6.42 Å². The van der Waals surface area contributed by atoms with Crippen molar-refractivity contribution in [2.75, 3.05) is 0 Å². The van der Waals surface area contributed by atoms with Gasteiger partial charge in [-0.05, 0) is 32.7 Å². The summed E-state index contributed by atoms with van der Waals surface area (Å²) in [6.45, 7) is 5.89. The summed E-state index contributed by atoms with van der Waals surface area (Å²) in [5.74, 6) is 0. The standard InChI is InChI=1S/C9H17N3O2/c1-6(2)13-9-5-8(11-12-10)4-7(3)14-9/h6-9H,4-5H2,1-3H3/t7-,8+,9?/m1/s1. The third kappa shape index (κ3) is 3.54. The molecule has 5 nitrogen and oxygen atoms in total. The van der Waals surface area contributed by atoms with E-state index >= 15 is 0 Å². The van der Waals surface area contributed by atoms with E-state index in [1.165, 1.54) is 0 Å². The predicted molar refractivity (Wildman–Crippen MR) is 52.7 cm³/mol. The molecule has 1 aliphatic heterocycles. The average molecular weight is 199 g/mol. The van der Waals surface area contributed by atoms with Crippen molar-refractivity contribution in [2.24, 2.45) is 5.11 Å². The lowest BCUT2D eigenvalue weighted by molar-refractivity contribution is -0.207. The van der Waals surface area contributed by atoms with Crippen molar-refractivity contribution >= 4 is 0 Å². The first-order valence-electron chi connectivity index (χ1n) is 4.97. The van der Waals surface area contributed by atoms with Crippen LogP contribution in [0.15, 0.2) is 5.11 Å². The van der Waals surface area contributed by atoms with Crippen LogP contribution in [-0.2, 0) is 9.47 Å². The van der Waals surface area contributed by atoms with Crippen molar-refractivity contribution in [3.05, 3.63) is 10.4 Å². The topological polar surface area (TPSA) is 67.2 Å². The van der Waals surface area contributed by atoms with Crippen molar-refractivity contribution in [2.45, 2.75) is 58.2 Å². The first-order chi connectivity index (χ1) is 6.61. The Labute approximate surface area is 84.0 Å². The van der Waals surface area contributed by atoms with Crippen molar-refractivity contribution in [1.29, 1.82) is 0 Å². The minimum atomic E-state index is -0.228. The zero-order valence-corrected chi connectivity index (χ0v) is 8.88. The van der Waals surface area contributed by atoms with Crippen molar-refractivity contribution in [3.8, 4) is 0 Å². The van der Waals surface area contributed by atoms with Gasteiger partial charge in [-0.1, -0.05) is 5.11 Å². The van der Waals surface area contributed by atoms with Gasteiger partial charge in [0.05, 0.1) is 12.2 Å². The summed E-state index contributed by atoms with van der Waals surface area (Å²) < 4.78 is 11.1. The van der Waals surface area contributed by atoms with Gasteiger partial charge in [0.15, 0.2) is 6.29 Å². The van der Waals surface area contributed by atoms with Gasteiger partial charge in [0.1, 0.15) is 0 Å². The molecule has 80 valence electrons. The van der Waals surface area contributed by atoms with E-state index in [4.69, 9.17) is 15.0 Å². The molecule has 0 radical (unpaired) electrons. The molecule has 1 aliphatic rings. The molecule has 1 unspecified atom stereocenters. The van der Waals surface area contributed by atoms with Crippen LogP contribution in [0.3, 0.4) is 0 Å². The molecule has 1 rings (SSSR count). The highest BCUT2D eigenvalue weighted by Crippen LogP contribution is 2.23. The van der Waals surface area contributed by atoms with E-state index in [0.717, 1.165) is 6.42 Å². The number of nitrogens with zero attached hydrogens (tertiary/aromatic N) is 3. The zero-order valence-electron chi connectivity index (χ0n) is 8.88. The molecular formula is C9H17N3O2. The van der Waals surface area contributed by atoms with Crippen LogP contribution in [0, 0.1) is 0 Å². The molecule has 1 saturated heterocycles. The van der Waals surface area contributed by atoms with Gasteiger partial charge in [0.25, 0.3) is 0 Å². The van der Waals surface area contributed by atoms with Crippen LogP contribution in [0.1, 0.15) is 33.6 Å². The Morgan fingerprint density at radius 1 is 1.50 bits per heavy atom. The molecule has 5 heteroatoms. The summed E-state index contributed by atoms with van der Waals surface area (Å²) in [5, 5.41) is 3.71. The summed E-state index contributed by atoms with van der Waals surface area (Å²) in [4.78, 5) is 2.82. The van der Waals surface area contributed by atoms with E-state index in [2.05, 4.69) is 10.0 Å². The molecule has 14 heavy (non-hydrogen) atoms. The number of hydrogen-bond acceptors (Lipinski definition) is 3. The fraction of sp³-hybridized carbons (Fsp3) is 1.00.